The lowest BCUT2D eigenvalue weighted by Crippen LogP contribution is -2.47. The summed E-state index contributed by atoms with van der Waals surface area (Å²) in [6.45, 7) is 4.41. The standard InChI is InChI=1S/C17H21N3O4S2/c1-10-15(11(2)24-19-10)16-18-13-9-12(3-4-14(13)25-16)17(21)20-5-7-26(22,23)8-6-20/h12H,3-9H2,1-2H3. The number of aromatic nitrogens is 2. The van der Waals surface area contributed by atoms with Crippen LogP contribution in [0.25, 0.3) is 10.6 Å². The first-order valence-corrected chi connectivity index (χ1v) is 11.4. The number of nitrogens with zero attached hydrogens (tertiary/aromatic N) is 3. The number of rotatable bonds is 2. The van der Waals surface area contributed by atoms with Gasteiger partial charge < -0.3 is 9.42 Å². The smallest absolute Gasteiger partial charge is 0.226 e. The Kier molecular flexibility index (Phi) is 4.38. The minimum absolute atomic E-state index is 0.0671. The molecule has 0 bridgehead atoms. The molecule has 4 rings (SSSR count). The van der Waals surface area contributed by atoms with Gasteiger partial charge >= 0.3 is 0 Å². The molecule has 1 aliphatic heterocycles. The van der Waals surface area contributed by atoms with Gasteiger partial charge in [-0.3, -0.25) is 4.79 Å². The van der Waals surface area contributed by atoms with Gasteiger partial charge in [0.05, 0.1) is 28.5 Å². The zero-order valence-electron chi connectivity index (χ0n) is 14.8. The fraction of sp³-hybridized carbons (Fsp3) is 0.588. The molecule has 0 N–H and O–H groups in total. The van der Waals surface area contributed by atoms with Crippen molar-refractivity contribution in [1.82, 2.24) is 15.0 Å². The van der Waals surface area contributed by atoms with E-state index in [-0.39, 0.29) is 23.3 Å². The largest absolute Gasteiger partial charge is 0.361 e. The molecule has 9 heteroatoms. The molecule has 1 unspecified atom stereocenters. The van der Waals surface area contributed by atoms with Gasteiger partial charge in [0.15, 0.2) is 9.84 Å². The Hall–Kier alpha value is -1.74. The fourth-order valence-electron chi connectivity index (χ4n) is 3.68. The van der Waals surface area contributed by atoms with E-state index in [1.165, 1.54) is 4.88 Å². The quantitative estimate of drug-likeness (QED) is 0.769. The first kappa shape index (κ1) is 17.7. The van der Waals surface area contributed by atoms with Gasteiger partial charge in [0, 0.05) is 30.3 Å². The number of carbonyl (C=O) groups excluding carboxylic acids is 1. The third-order valence-electron chi connectivity index (χ3n) is 5.19. The summed E-state index contributed by atoms with van der Waals surface area (Å²) in [6, 6.07) is 0. The molecule has 7 nitrogen and oxygen atoms in total. The molecule has 3 heterocycles. The highest BCUT2D eigenvalue weighted by atomic mass is 32.2. The Bertz CT molecular complexity index is 927. The van der Waals surface area contributed by atoms with E-state index in [4.69, 9.17) is 9.51 Å². The number of aryl methyl sites for hydroxylation is 3. The minimum atomic E-state index is -2.98. The SMILES string of the molecule is Cc1noc(C)c1-c1nc2c(s1)CCC(C(=O)N1CCS(=O)(=O)CC1)C2. The van der Waals surface area contributed by atoms with Gasteiger partial charge in [-0.1, -0.05) is 5.16 Å². The molecule has 1 saturated heterocycles. The molecule has 1 aliphatic carbocycles. The molecule has 0 aromatic carbocycles. The maximum atomic E-state index is 12.8. The van der Waals surface area contributed by atoms with Gasteiger partial charge in [0.25, 0.3) is 0 Å². The molecule has 1 atom stereocenters. The van der Waals surface area contributed by atoms with Crippen molar-refractivity contribution in [3.63, 3.8) is 0 Å². The van der Waals surface area contributed by atoms with Crippen molar-refractivity contribution in [2.45, 2.75) is 33.1 Å². The summed E-state index contributed by atoms with van der Waals surface area (Å²) in [5.41, 5.74) is 2.77. The van der Waals surface area contributed by atoms with Crippen molar-refractivity contribution in [2.75, 3.05) is 24.6 Å². The summed E-state index contributed by atoms with van der Waals surface area (Å²) in [5, 5.41) is 4.90. The Balaban J connectivity index is 1.51. The van der Waals surface area contributed by atoms with Crippen LogP contribution < -0.4 is 0 Å². The summed E-state index contributed by atoms with van der Waals surface area (Å²) in [4.78, 5) is 20.5. The van der Waals surface area contributed by atoms with Gasteiger partial charge in [0.1, 0.15) is 10.8 Å². The second kappa shape index (κ2) is 6.45. The van der Waals surface area contributed by atoms with Crippen LogP contribution in [0, 0.1) is 19.8 Å². The van der Waals surface area contributed by atoms with E-state index in [9.17, 15) is 13.2 Å². The van der Waals surface area contributed by atoms with Crippen molar-refractivity contribution in [3.8, 4) is 10.6 Å². The van der Waals surface area contributed by atoms with E-state index in [0.717, 1.165) is 40.6 Å². The van der Waals surface area contributed by atoms with Gasteiger partial charge in [-0.25, -0.2) is 13.4 Å². The monoisotopic (exact) mass is 395 g/mol. The summed E-state index contributed by atoms with van der Waals surface area (Å²) >= 11 is 1.66. The van der Waals surface area contributed by atoms with Crippen LogP contribution in [0.15, 0.2) is 4.52 Å². The predicted molar refractivity (Wildman–Crippen MR) is 97.8 cm³/mol. The van der Waals surface area contributed by atoms with E-state index >= 15 is 0 Å². The molecule has 2 aromatic rings. The number of hydrogen-bond acceptors (Lipinski definition) is 7. The van der Waals surface area contributed by atoms with Gasteiger partial charge in [-0.05, 0) is 26.7 Å². The average Bonchev–Trinajstić information content (AvgIpc) is 3.16. The molecule has 2 aliphatic rings. The highest BCUT2D eigenvalue weighted by molar-refractivity contribution is 7.91. The van der Waals surface area contributed by atoms with Crippen LogP contribution in [-0.2, 0) is 27.5 Å². The van der Waals surface area contributed by atoms with E-state index in [2.05, 4.69) is 5.16 Å². The second-order valence-electron chi connectivity index (χ2n) is 7.00. The topological polar surface area (TPSA) is 93.4 Å². The van der Waals surface area contributed by atoms with Crippen molar-refractivity contribution in [3.05, 3.63) is 22.0 Å². The molecule has 0 saturated carbocycles. The normalized spacial score (nSPS) is 22.2. The second-order valence-corrected chi connectivity index (χ2v) is 10.4. The van der Waals surface area contributed by atoms with Crippen molar-refractivity contribution in [2.24, 2.45) is 5.92 Å². The number of sulfone groups is 1. The van der Waals surface area contributed by atoms with E-state index in [1.807, 2.05) is 13.8 Å². The first-order valence-electron chi connectivity index (χ1n) is 8.75. The summed E-state index contributed by atoms with van der Waals surface area (Å²) in [7, 11) is -2.98. The van der Waals surface area contributed by atoms with Gasteiger partial charge in [-0.15, -0.1) is 11.3 Å². The fourth-order valence-corrected chi connectivity index (χ4v) is 6.13. The van der Waals surface area contributed by atoms with Crippen molar-refractivity contribution < 1.29 is 17.7 Å². The van der Waals surface area contributed by atoms with Crippen LogP contribution in [0.4, 0.5) is 0 Å². The third-order valence-corrected chi connectivity index (χ3v) is 7.97. The van der Waals surface area contributed by atoms with Gasteiger partial charge in [-0.2, -0.15) is 0 Å². The van der Waals surface area contributed by atoms with Crippen LogP contribution >= 0.6 is 11.3 Å². The maximum Gasteiger partial charge on any atom is 0.226 e. The highest BCUT2D eigenvalue weighted by Gasteiger charge is 2.33. The Morgan fingerprint density at radius 2 is 2.00 bits per heavy atom. The number of fused-ring (bicyclic) bond motifs is 1. The van der Waals surface area contributed by atoms with Crippen LogP contribution in [-0.4, -0.2) is 54.0 Å². The predicted octanol–water partition coefficient (Wildman–Crippen LogP) is 1.78. The van der Waals surface area contributed by atoms with Crippen molar-refractivity contribution >= 4 is 27.1 Å². The molecule has 140 valence electrons. The van der Waals surface area contributed by atoms with Crippen LogP contribution in [0.1, 0.15) is 28.4 Å². The summed E-state index contributed by atoms with van der Waals surface area (Å²) in [6.07, 6.45) is 2.24. The molecule has 2 aromatic heterocycles. The average molecular weight is 396 g/mol. The van der Waals surface area contributed by atoms with E-state index < -0.39 is 9.84 Å². The Morgan fingerprint density at radius 3 is 2.65 bits per heavy atom. The lowest BCUT2D eigenvalue weighted by molar-refractivity contribution is -0.135. The Morgan fingerprint density at radius 1 is 1.27 bits per heavy atom. The third kappa shape index (κ3) is 3.18. The lowest BCUT2D eigenvalue weighted by Gasteiger charge is -2.31. The molecule has 0 radical (unpaired) electrons. The van der Waals surface area contributed by atoms with Gasteiger partial charge in [0.2, 0.25) is 5.91 Å². The highest BCUT2D eigenvalue weighted by Crippen LogP contribution is 2.37. The number of thiazole rings is 1. The minimum Gasteiger partial charge on any atom is -0.361 e. The zero-order chi connectivity index (χ0) is 18.5. The van der Waals surface area contributed by atoms with Crippen LogP contribution in [0.2, 0.25) is 0 Å². The Labute approximate surface area is 156 Å². The maximum absolute atomic E-state index is 12.8. The zero-order valence-corrected chi connectivity index (χ0v) is 16.5. The van der Waals surface area contributed by atoms with Crippen molar-refractivity contribution in [1.29, 1.82) is 0 Å². The molecule has 1 fully saturated rings. The summed E-state index contributed by atoms with van der Waals surface area (Å²) in [5.74, 6) is 0.865. The lowest BCUT2D eigenvalue weighted by atomic mass is 9.89. The molecule has 1 amide bonds. The summed E-state index contributed by atoms with van der Waals surface area (Å²) < 4.78 is 28.4. The van der Waals surface area contributed by atoms with E-state index in [0.29, 0.717) is 19.5 Å². The molecule has 0 spiro atoms. The molecular weight excluding hydrogens is 374 g/mol. The number of hydrogen-bond donors (Lipinski definition) is 0. The first-order chi connectivity index (χ1) is 12.3. The number of amides is 1. The van der Waals surface area contributed by atoms with Crippen LogP contribution in [0.3, 0.4) is 0 Å². The number of carbonyl (C=O) groups is 1. The molecular formula is C17H21N3O4S2. The molecule has 26 heavy (non-hydrogen) atoms. The van der Waals surface area contributed by atoms with Crippen LogP contribution in [0.5, 0.6) is 0 Å². The van der Waals surface area contributed by atoms with E-state index in [1.54, 1.807) is 16.2 Å².